The number of hydrogen-bond acceptors (Lipinski definition) is 3. The second kappa shape index (κ2) is 3.93. The van der Waals surface area contributed by atoms with E-state index in [4.69, 9.17) is 4.42 Å². The first-order valence-corrected chi connectivity index (χ1v) is 5.82. The molecule has 1 aliphatic heterocycles. The summed E-state index contributed by atoms with van der Waals surface area (Å²) in [6.45, 7) is 1.95. The van der Waals surface area contributed by atoms with Crippen molar-refractivity contribution < 1.29 is 9.52 Å². The average Bonchev–Trinajstić information content (AvgIpc) is 2.93. The Bertz CT molecular complexity index is 508. The van der Waals surface area contributed by atoms with Crippen molar-refractivity contribution in [3.05, 3.63) is 53.5 Å². The summed E-state index contributed by atoms with van der Waals surface area (Å²) in [5.41, 5.74) is 3.36. The van der Waals surface area contributed by atoms with Crippen molar-refractivity contribution in [1.29, 1.82) is 0 Å². The van der Waals surface area contributed by atoms with Gasteiger partial charge in [-0.15, -0.1) is 0 Å². The van der Waals surface area contributed by atoms with Crippen LogP contribution in [0.15, 0.2) is 41.0 Å². The lowest BCUT2D eigenvalue weighted by Gasteiger charge is -2.17. The van der Waals surface area contributed by atoms with Gasteiger partial charge in [0.05, 0.1) is 12.3 Å². The zero-order chi connectivity index (χ0) is 11.8. The van der Waals surface area contributed by atoms with Crippen LogP contribution < -0.4 is 5.32 Å². The van der Waals surface area contributed by atoms with Gasteiger partial charge in [0.2, 0.25) is 0 Å². The molecule has 2 unspecified atom stereocenters. The molecule has 3 rings (SSSR count). The van der Waals surface area contributed by atoms with Crippen molar-refractivity contribution in [2.75, 3.05) is 5.32 Å². The first-order chi connectivity index (χ1) is 8.25. The summed E-state index contributed by atoms with van der Waals surface area (Å²) < 4.78 is 5.35. The predicted octanol–water partition coefficient (Wildman–Crippen LogP) is 2.66. The Morgan fingerprint density at radius 3 is 2.88 bits per heavy atom. The molecule has 0 aliphatic carbocycles. The Morgan fingerprint density at radius 1 is 1.35 bits per heavy atom. The number of aliphatic hydroxyl groups excluding tert-OH is 1. The van der Waals surface area contributed by atoms with Crippen molar-refractivity contribution >= 4 is 5.69 Å². The molecule has 0 bridgehead atoms. The van der Waals surface area contributed by atoms with Crippen LogP contribution in [0.2, 0.25) is 0 Å². The van der Waals surface area contributed by atoms with E-state index >= 15 is 0 Å². The van der Waals surface area contributed by atoms with Crippen LogP contribution in [0.4, 0.5) is 5.69 Å². The Labute approximate surface area is 100 Å². The molecular formula is C14H15NO2. The number of para-hydroxylation sites is 1. The molecule has 0 amide bonds. The second-order valence-electron chi connectivity index (χ2n) is 4.52. The van der Waals surface area contributed by atoms with E-state index in [1.807, 2.05) is 31.2 Å². The van der Waals surface area contributed by atoms with Crippen LogP contribution in [0.5, 0.6) is 0 Å². The highest BCUT2D eigenvalue weighted by molar-refractivity contribution is 5.57. The number of fused-ring (bicyclic) bond motifs is 1. The maximum atomic E-state index is 10.3. The van der Waals surface area contributed by atoms with Crippen LogP contribution in [-0.2, 0) is 6.42 Å². The molecule has 0 saturated carbocycles. The SMILES string of the molecule is Cc1ccoc1C(O)C1Cc2ccccc2N1. The van der Waals surface area contributed by atoms with Crippen molar-refractivity contribution in [3.8, 4) is 0 Å². The van der Waals surface area contributed by atoms with Crippen LogP contribution in [0.25, 0.3) is 0 Å². The minimum atomic E-state index is -0.600. The summed E-state index contributed by atoms with van der Waals surface area (Å²) in [4.78, 5) is 0. The van der Waals surface area contributed by atoms with E-state index in [2.05, 4.69) is 11.4 Å². The van der Waals surface area contributed by atoms with Gasteiger partial charge in [0.25, 0.3) is 0 Å². The fourth-order valence-corrected chi connectivity index (χ4v) is 2.39. The molecule has 0 fully saturated rings. The van der Waals surface area contributed by atoms with Crippen molar-refractivity contribution in [1.82, 2.24) is 0 Å². The lowest BCUT2D eigenvalue weighted by atomic mass is 10.0. The van der Waals surface area contributed by atoms with E-state index in [0.29, 0.717) is 5.76 Å². The molecule has 3 heteroatoms. The smallest absolute Gasteiger partial charge is 0.137 e. The van der Waals surface area contributed by atoms with Crippen LogP contribution >= 0.6 is 0 Å². The maximum Gasteiger partial charge on any atom is 0.137 e. The minimum absolute atomic E-state index is 0.00255. The van der Waals surface area contributed by atoms with Crippen LogP contribution in [0.1, 0.15) is 23.0 Å². The van der Waals surface area contributed by atoms with Gasteiger partial charge in [-0.1, -0.05) is 18.2 Å². The molecule has 1 aromatic heterocycles. The summed E-state index contributed by atoms with van der Waals surface area (Å²) in [6, 6.07) is 10.0. The lowest BCUT2D eigenvalue weighted by molar-refractivity contribution is 0.129. The average molecular weight is 229 g/mol. The van der Waals surface area contributed by atoms with Gasteiger partial charge in [-0.3, -0.25) is 0 Å². The van der Waals surface area contributed by atoms with Crippen LogP contribution in [-0.4, -0.2) is 11.1 Å². The quantitative estimate of drug-likeness (QED) is 0.832. The number of rotatable bonds is 2. The summed E-state index contributed by atoms with van der Waals surface area (Å²) in [5.74, 6) is 0.662. The third-order valence-electron chi connectivity index (χ3n) is 3.35. The Morgan fingerprint density at radius 2 is 2.18 bits per heavy atom. The number of furan rings is 1. The number of anilines is 1. The van der Waals surface area contributed by atoms with Crippen LogP contribution in [0, 0.1) is 6.92 Å². The van der Waals surface area contributed by atoms with Gasteiger partial charge in [0.1, 0.15) is 11.9 Å². The van der Waals surface area contributed by atoms with Crippen LogP contribution in [0.3, 0.4) is 0 Å². The monoisotopic (exact) mass is 229 g/mol. The van der Waals surface area contributed by atoms with Crippen molar-refractivity contribution in [3.63, 3.8) is 0 Å². The number of hydrogen-bond donors (Lipinski definition) is 2. The number of aliphatic hydroxyl groups is 1. The molecular weight excluding hydrogens is 214 g/mol. The molecule has 2 atom stereocenters. The topological polar surface area (TPSA) is 45.4 Å². The molecule has 0 saturated heterocycles. The van der Waals surface area contributed by atoms with Gasteiger partial charge in [0, 0.05) is 5.69 Å². The number of aryl methyl sites for hydroxylation is 1. The highest BCUT2D eigenvalue weighted by Gasteiger charge is 2.30. The molecule has 2 heterocycles. The largest absolute Gasteiger partial charge is 0.466 e. The number of benzene rings is 1. The molecule has 17 heavy (non-hydrogen) atoms. The third kappa shape index (κ3) is 1.72. The molecule has 2 aromatic rings. The van der Waals surface area contributed by atoms with Crippen molar-refractivity contribution in [2.24, 2.45) is 0 Å². The minimum Gasteiger partial charge on any atom is -0.466 e. The maximum absolute atomic E-state index is 10.3. The highest BCUT2D eigenvalue weighted by Crippen LogP contribution is 2.32. The summed E-state index contributed by atoms with van der Waals surface area (Å²) in [6.07, 6.45) is 1.85. The Kier molecular flexibility index (Phi) is 2.41. The lowest BCUT2D eigenvalue weighted by Crippen LogP contribution is -2.24. The van der Waals surface area contributed by atoms with Gasteiger partial charge < -0.3 is 14.8 Å². The van der Waals surface area contributed by atoms with E-state index in [9.17, 15) is 5.11 Å². The van der Waals surface area contributed by atoms with Gasteiger partial charge in [0.15, 0.2) is 0 Å². The fraction of sp³-hybridized carbons (Fsp3) is 0.286. The van der Waals surface area contributed by atoms with E-state index in [1.165, 1.54) is 5.56 Å². The molecule has 0 spiro atoms. The molecule has 2 N–H and O–H groups in total. The Balaban J connectivity index is 1.83. The third-order valence-corrected chi connectivity index (χ3v) is 3.35. The summed E-state index contributed by atoms with van der Waals surface area (Å²) in [7, 11) is 0. The first-order valence-electron chi connectivity index (χ1n) is 5.82. The summed E-state index contributed by atoms with van der Waals surface area (Å²) >= 11 is 0. The standard InChI is InChI=1S/C14H15NO2/c1-9-6-7-17-14(9)13(16)12-8-10-4-2-3-5-11(10)15-12/h2-7,12-13,15-16H,8H2,1H3. The van der Waals surface area contributed by atoms with Gasteiger partial charge >= 0.3 is 0 Å². The zero-order valence-electron chi connectivity index (χ0n) is 9.68. The fourth-order valence-electron chi connectivity index (χ4n) is 2.39. The van der Waals surface area contributed by atoms with E-state index in [1.54, 1.807) is 6.26 Å². The predicted molar refractivity (Wildman–Crippen MR) is 66.0 cm³/mol. The van der Waals surface area contributed by atoms with E-state index < -0.39 is 6.10 Å². The zero-order valence-corrected chi connectivity index (χ0v) is 9.68. The molecule has 3 nitrogen and oxygen atoms in total. The van der Waals surface area contributed by atoms with E-state index in [-0.39, 0.29) is 6.04 Å². The van der Waals surface area contributed by atoms with Gasteiger partial charge in [-0.25, -0.2) is 0 Å². The number of nitrogens with one attached hydrogen (secondary N) is 1. The van der Waals surface area contributed by atoms with Gasteiger partial charge in [-0.2, -0.15) is 0 Å². The van der Waals surface area contributed by atoms with Gasteiger partial charge in [-0.05, 0) is 36.6 Å². The highest BCUT2D eigenvalue weighted by atomic mass is 16.4. The van der Waals surface area contributed by atoms with Crippen molar-refractivity contribution in [2.45, 2.75) is 25.5 Å². The second-order valence-corrected chi connectivity index (χ2v) is 4.52. The molecule has 0 radical (unpaired) electrons. The molecule has 88 valence electrons. The van der Waals surface area contributed by atoms with E-state index in [0.717, 1.165) is 17.7 Å². The molecule has 1 aromatic carbocycles. The first kappa shape index (κ1) is 10.4. The Hall–Kier alpha value is -1.74. The normalized spacial score (nSPS) is 19.8. The molecule has 1 aliphatic rings. The summed E-state index contributed by atoms with van der Waals surface area (Å²) in [5, 5.41) is 13.6.